The van der Waals surface area contributed by atoms with Crippen LogP contribution in [0.3, 0.4) is 0 Å². The Morgan fingerprint density at radius 3 is 2.88 bits per heavy atom. The Bertz CT molecular complexity index is 202. The predicted molar refractivity (Wildman–Crippen MR) is 62.6 cm³/mol. The highest BCUT2D eigenvalue weighted by atomic mass is 16.5. The lowest BCUT2D eigenvalue weighted by Crippen LogP contribution is -2.31. The molecule has 1 fully saturated rings. The summed E-state index contributed by atoms with van der Waals surface area (Å²) in [7, 11) is 0. The van der Waals surface area contributed by atoms with Gasteiger partial charge in [-0.2, -0.15) is 0 Å². The second kappa shape index (κ2) is 7.63. The zero-order valence-corrected chi connectivity index (χ0v) is 10.2. The molecule has 1 aliphatic rings. The summed E-state index contributed by atoms with van der Waals surface area (Å²) in [5.41, 5.74) is 0. The number of ether oxygens (including phenoxy) is 1. The van der Waals surface area contributed by atoms with Gasteiger partial charge < -0.3 is 9.84 Å². The van der Waals surface area contributed by atoms with Gasteiger partial charge in [0.1, 0.15) is 0 Å². The molecule has 1 heterocycles. The molecule has 1 unspecified atom stereocenters. The normalized spacial score (nSPS) is 20.5. The highest BCUT2D eigenvalue weighted by Gasteiger charge is 2.15. The minimum Gasteiger partial charge on any atom is -0.480 e. The van der Waals surface area contributed by atoms with Crippen LogP contribution in [-0.4, -0.2) is 48.3 Å². The number of rotatable bonds is 8. The van der Waals surface area contributed by atoms with Crippen molar-refractivity contribution in [2.75, 3.05) is 26.2 Å². The summed E-state index contributed by atoms with van der Waals surface area (Å²) >= 11 is 0. The van der Waals surface area contributed by atoms with Crippen LogP contribution in [0.25, 0.3) is 0 Å². The van der Waals surface area contributed by atoms with E-state index < -0.39 is 5.97 Å². The molecule has 1 N–H and O–H groups in total. The van der Waals surface area contributed by atoms with Crippen LogP contribution < -0.4 is 0 Å². The first-order valence-corrected chi connectivity index (χ1v) is 6.28. The third-order valence-electron chi connectivity index (χ3n) is 2.92. The van der Waals surface area contributed by atoms with Crippen LogP contribution in [0.15, 0.2) is 0 Å². The van der Waals surface area contributed by atoms with E-state index in [1.54, 1.807) is 0 Å². The molecule has 94 valence electrons. The second-order valence-electron chi connectivity index (χ2n) is 4.45. The fourth-order valence-corrected chi connectivity index (χ4v) is 2.19. The number of carboxylic acid groups (broad SMARTS) is 1. The minimum atomic E-state index is -0.731. The van der Waals surface area contributed by atoms with Gasteiger partial charge in [-0.1, -0.05) is 6.92 Å². The summed E-state index contributed by atoms with van der Waals surface area (Å²) < 4.78 is 5.54. The number of nitrogens with zero attached hydrogens (tertiary/aromatic N) is 1. The predicted octanol–water partition coefficient (Wildman–Crippen LogP) is 1.74. The van der Waals surface area contributed by atoms with Crippen molar-refractivity contribution < 1.29 is 14.6 Å². The molecular formula is C12H23NO3. The molecule has 0 spiro atoms. The summed E-state index contributed by atoms with van der Waals surface area (Å²) in [4.78, 5) is 12.6. The van der Waals surface area contributed by atoms with E-state index in [4.69, 9.17) is 9.84 Å². The summed E-state index contributed by atoms with van der Waals surface area (Å²) in [6, 6.07) is 0. The molecule has 0 bridgehead atoms. The maximum atomic E-state index is 10.6. The van der Waals surface area contributed by atoms with Gasteiger partial charge in [0.15, 0.2) is 0 Å². The Morgan fingerprint density at radius 2 is 2.31 bits per heavy atom. The maximum Gasteiger partial charge on any atom is 0.317 e. The topological polar surface area (TPSA) is 49.8 Å². The van der Waals surface area contributed by atoms with Crippen molar-refractivity contribution in [1.82, 2.24) is 4.90 Å². The van der Waals surface area contributed by atoms with Crippen molar-refractivity contribution >= 4 is 5.97 Å². The number of hydrogen-bond acceptors (Lipinski definition) is 3. The summed E-state index contributed by atoms with van der Waals surface area (Å²) in [6.07, 6.45) is 5.89. The molecule has 1 saturated heterocycles. The Hall–Kier alpha value is -0.610. The zero-order valence-electron chi connectivity index (χ0n) is 10.2. The van der Waals surface area contributed by atoms with E-state index in [-0.39, 0.29) is 6.54 Å². The first-order valence-electron chi connectivity index (χ1n) is 6.28. The van der Waals surface area contributed by atoms with Crippen LogP contribution in [0.2, 0.25) is 0 Å². The van der Waals surface area contributed by atoms with Gasteiger partial charge >= 0.3 is 5.97 Å². The fourth-order valence-electron chi connectivity index (χ4n) is 2.19. The lowest BCUT2D eigenvalue weighted by Gasteiger charge is -2.20. The zero-order chi connectivity index (χ0) is 11.8. The van der Waals surface area contributed by atoms with Crippen LogP contribution in [0, 0.1) is 0 Å². The highest BCUT2D eigenvalue weighted by Crippen LogP contribution is 2.16. The van der Waals surface area contributed by atoms with Crippen LogP contribution in [0.4, 0.5) is 0 Å². The quantitative estimate of drug-likeness (QED) is 0.689. The molecule has 16 heavy (non-hydrogen) atoms. The molecular weight excluding hydrogens is 206 g/mol. The smallest absolute Gasteiger partial charge is 0.317 e. The van der Waals surface area contributed by atoms with Gasteiger partial charge in [0.05, 0.1) is 12.6 Å². The van der Waals surface area contributed by atoms with Crippen LogP contribution in [0.5, 0.6) is 0 Å². The maximum absolute atomic E-state index is 10.6. The number of aliphatic carboxylic acids is 1. The third kappa shape index (κ3) is 5.47. The molecule has 0 radical (unpaired) electrons. The van der Waals surface area contributed by atoms with E-state index in [1.807, 2.05) is 4.90 Å². The largest absolute Gasteiger partial charge is 0.480 e. The van der Waals surface area contributed by atoms with Gasteiger partial charge in [-0.15, -0.1) is 0 Å². The lowest BCUT2D eigenvalue weighted by molar-refractivity contribution is -0.138. The van der Waals surface area contributed by atoms with Crippen molar-refractivity contribution in [1.29, 1.82) is 0 Å². The van der Waals surface area contributed by atoms with Crippen molar-refractivity contribution in [2.45, 2.75) is 45.1 Å². The third-order valence-corrected chi connectivity index (χ3v) is 2.92. The van der Waals surface area contributed by atoms with E-state index in [2.05, 4.69) is 6.92 Å². The molecule has 0 aromatic carbocycles. The molecule has 1 atom stereocenters. The summed E-state index contributed by atoms with van der Waals surface area (Å²) in [6.45, 7) is 4.89. The van der Waals surface area contributed by atoms with Gasteiger partial charge in [0.2, 0.25) is 0 Å². The van der Waals surface area contributed by atoms with Crippen LogP contribution >= 0.6 is 0 Å². The summed E-state index contributed by atoms with van der Waals surface area (Å²) in [5, 5.41) is 8.76. The van der Waals surface area contributed by atoms with Crippen molar-refractivity contribution in [3.8, 4) is 0 Å². The van der Waals surface area contributed by atoms with Crippen LogP contribution in [-0.2, 0) is 9.53 Å². The van der Waals surface area contributed by atoms with E-state index >= 15 is 0 Å². The number of carbonyl (C=O) groups is 1. The van der Waals surface area contributed by atoms with E-state index in [1.165, 1.54) is 12.8 Å². The molecule has 0 aliphatic carbocycles. The van der Waals surface area contributed by atoms with Gasteiger partial charge in [-0.3, -0.25) is 9.69 Å². The molecule has 4 nitrogen and oxygen atoms in total. The highest BCUT2D eigenvalue weighted by molar-refractivity contribution is 5.69. The molecule has 0 aromatic heterocycles. The van der Waals surface area contributed by atoms with Gasteiger partial charge in [-0.25, -0.2) is 0 Å². The summed E-state index contributed by atoms with van der Waals surface area (Å²) in [5.74, 6) is -0.731. The SMILES string of the molecule is CCCN(CCCC1CCCO1)CC(=O)O. The van der Waals surface area contributed by atoms with Crippen LogP contribution in [0.1, 0.15) is 39.0 Å². The van der Waals surface area contributed by atoms with Crippen molar-refractivity contribution in [2.24, 2.45) is 0 Å². The Labute approximate surface area is 97.6 Å². The monoisotopic (exact) mass is 229 g/mol. The Kier molecular flexibility index (Phi) is 6.42. The lowest BCUT2D eigenvalue weighted by atomic mass is 10.1. The first-order chi connectivity index (χ1) is 7.72. The number of carboxylic acids is 1. The average Bonchev–Trinajstić information content (AvgIpc) is 2.70. The van der Waals surface area contributed by atoms with Crippen molar-refractivity contribution in [3.05, 3.63) is 0 Å². The van der Waals surface area contributed by atoms with Gasteiger partial charge in [-0.05, 0) is 45.2 Å². The minimum absolute atomic E-state index is 0.166. The fraction of sp³-hybridized carbons (Fsp3) is 0.917. The molecule has 1 aliphatic heterocycles. The molecule has 1 rings (SSSR count). The van der Waals surface area contributed by atoms with Crippen molar-refractivity contribution in [3.63, 3.8) is 0 Å². The molecule has 0 saturated carbocycles. The molecule has 0 aromatic rings. The Morgan fingerprint density at radius 1 is 1.50 bits per heavy atom. The van der Waals surface area contributed by atoms with E-state index in [0.29, 0.717) is 6.10 Å². The molecule has 0 amide bonds. The molecule has 4 heteroatoms. The van der Waals surface area contributed by atoms with Gasteiger partial charge in [0, 0.05) is 6.61 Å². The van der Waals surface area contributed by atoms with E-state index in [9.17, 15) is 4.79 Å². The number of hydrogen-bond donors (Lipinski definition) is 1. The second-order valence-corrected chi connectivity index (χ2v) is 4.45. The standard InChI is InChI=1S/C12H23NO3/c1-2-7-13(10-12(14)15)8-3-5-11-6-4-9-16-11/h11H,2-10H2,1H3,(H,14,15). The first kappa shape index (κ1) is 13.5. The van der Waals surface area contributed by atoms with Gasteiger partial charge in [0.25, 0.3) is 0 Å². The van der Waals surface area contributed by atoms with E-state index in [0.717, 1.165) is 39.0 Å². The Balaban J connectivity index is 2.12. The average molecular weight is 229 g/mol.